The summed E-state index contributed by atoms with van der Waals surface area (Å²) >= 11 is 0. The van der Waals surface area contributed by atoms with Crippen molar-refractivity contribution < 1.29 is 9.53 Å². The number of hydrogen-bond acceptors (Lipinski definition) is 6. The van der Waals surface area contributed by atoms with Crippen LogP contribution in [0.3, 0.4) is 0 Å². The minimum atomic E-state index is 0.119. The zero-order chi connectivity index (χ0) is 21.1. The first-order valence-electron chi connectivity index (χ1n) is 10.5. The summed E-state index contributed by atoms with van der Waals surface area (Å²) in [5.74, 6) is 0.993. The number of carbonyl (C=O) groups excluding carboxylic acids is 1. The Balaban J connectivity index is 1.29. The van der Waals surface area contributed by atoms with Crippen LogP contribution in [0.5, 0.6) is 5.75 Å². The lowest BCUT2D eigenvalue weighted by Crippen LogP contribution is -2.55. The Hall–Kier alpha value is -2.61. The molecule has 1 amide bonds. The molecule has 0 radical (unpaired) electrons. The first-order chi connectivity index (χ1) is 14.5. The van der Waals surface area contributed by atoms with Crippen molar-refractivity contribution in [3.63, 3.8) is 0 Å². The number of hydrazine groups is 1. The summed E-state index contributed by atoms with van der Waals surface area (Å²) in [5.41, 5.74) is 9.96. The Morgan fingerprint density at radius 2 is 1.63 bits per heavy atom. The lowest BCUT2D eigenvalue weighted by atomic mass is 10.0. The Labute approximate surface area is 178 Å². The number of hydrogen-bond donors (Lipinski definition) is 2. The van der Waals surface area contributed by atoms with Crippen LogP contribution in [0.25, 0.3) is 0 Å². The summed E-state index contributed by atoms with van der Waals surface area (Å²) in [6, 6.07) is 16.3. The average molecular weight is 410 g/mol. The monoisotopic (exact) mass is 409 g/mol. The van der Waals surface area contributed by atoms with Crippen molar-refractivity contribution in [2.75, 3.05) is 52.3 Å². The van der Waals surface area contributed by atoms with Gasteiger partial charge in [0, 0.05) is 57.6 Å². The van der Waals surface area contributed by atoms with Gasteiger partial charge in [-0.1, -0.05) is 12.1 Å². The van der Waals surface area contributed by atoms with E-state index >= 15 is 0 Å². The lowest BCUT2D eigenvalue weighted by Gasteiger charge is -2.37. The summed E-state index contributed by atoms with van der Waals surface area (Å²) < 4.78 is 5.25. The molecule has 0 saturated carbocycles. The molecule has 2 heterocycles. The Morgan fingerprint density at radius 3 is 2.23 bits per heavy atom. The zero-order valence-electron chi connectivity index (χ0n) is 18.0. The first kappa shape index (κ1) is 20.7. The Morgan fingerprint density at radius 1 is 0.967 bits per heavy atom. The van der Waals surface area contributed by atoms with E-state index in [1.165, 1.54) is 5.56 Å². The van der Waals surface area contributed by atoms with Crippen molar-refractivity contribution in [3.05, 3.63) is 59.7 Å². The average Bonchev–Trinajstić information content (AvgIpc) is 3.29. The number of rotatable bonds is 5. The minimum absolute atomic E-state index is 0.119. The molecule has 0 aliphatic carbocycles. The van der Waals surface area contributed by atoms with Gasteiger partial charge in [-0.05, 0) is 48.4 Å². The standard InChI is InChI=1S/C23H31N5O2/c1-26(2)19-8-4-18(5-9-19)23(29)28-14-12-27(13-15-28)22-16-21(24-25-22)17-6-10-20(30-3)11-7-17/h4-11,21-22,24-25H,12-16H2,1-3H3. The van der Waals surface area contributed by atoms with E-state index in [0.717, 1.165) is 49.6 Å². The molecule has 2 saturated heterocycles. The van der Waals surface area contributed by atoms with Crippen LogP contribution in [0.1, 0.15) is 28.4 Å². The second-order valence-electron chi connectivity index (χ2n) is 8.14. The van der Waals surface area contributed by atoms with E-state index in [1.54, 1.807) is 7.11 Å². The molecule has 2 fully saturated rings. The molecule has 0 spiro atoms. The molecule has 2 aromatic rings. The molecule has 2 atom stereocenters. The van der Waals surface area contributed by atoms with Gasteiger partial charge in [0.05, 0.1) is 13.3 Å². The molecule has 2 unspecified atom stereocenters. The summed E-state index contributed by atoms with van der Waals surface area (Å²) in [6.07, 6.45) is 1.26. The third-order valence-corrected chi connectivity index (χ3v) is 6.07. The number of benzene rings is 2. The summed E-state index contributed by atoms with van der Waals surface area (Å²) in [4.78, 5) is 19.3. The molecule has 2 aliphatic rings. The topological polar surface area (TPSA) is 60.1 Å². The van der Waals surface area contributed by atoms with E-state index in [9.17, 15) is 4.79 Å². The van der Waals surface area contributed by atoms with Gasteiger partial charge in [0.1, 0.15) is 5.75 Å². The molecule has 0 bridgehead atoms. The van der Waals surface area contributed by atoms with Gasteiger partial charge < -0.3 is 14.5 Å². The molecule has 7 nitrogen and oxygen atoms in total. The quantitative estimate of drug-likeness (QED) is 0.789. The predicted octanol–water partition coefficient (Wildman–Crippen LogP) is 2.08. The second kappa shape index (κ2) is 9.04. The fourth-order valence-electron chi connectivity index (χ4n) is 4.16. The van der Waals surface area contributed by atoms with Gasteiger partial charge in [-0.15, -0.1) is 0 Å². The molecule has 2 N–H and O–H groups in total. The predicted molar refractivity (Wildman–Crippen MR) is 119 cm³/mol. The summed E-state index contributed by atoms with van der Waals surface area (Å²) in [5, 5.41) is 0. The van der Waals surface area contributed by atoms with Gasteiger partial charge in [-0.2, -0.15) is 0 Å². The SMILES string of the molecule is COc1ccc(C2CC(N3CCN(C(=O)c4ccc(N(C)C)cc4)CC3)NN2)cc1. The van der Waals surface area contributed by atoms with Crippen molar-refractivity contribution in [2.24, 2.45) is 0 Å². The Kier molecular flexibility index (Phi) is 6.22. The van der Waals surface area contributed by atoms with Crippen LogP contribution in [-0.4, -0.2) is 69.3 Å². The van der Waals surface area contributed by atoms with Gasteiger partial charge >= 0.3 is 0 Å². The fraction of sp³-hybridized carbons (Fsp3) is 0.435. The van der Waals surface area contributed by atoms with E-state index in [4.69, 9.17) is 4.74 Å². The van der Waals surface area contributed by atoms with Gasteiger partial charge in [-0.25, -0.2) is 10.9 Å². The highest BCUT2D eigenvalue weighted by atomic mass is 16.5. The van der Waals surface area contributed by atoms with E-state index in [0.29, 0.717) is 0 Å². The molecular formula is C23H31N5O2. The number of carbonyl (C=O) groups is 1. The molecule has 2 aromatic carbocycles. The number of ether oxygens (including phenoxy) is 1. The van der Waals surface area contributed by atoms with Gasteiger partial charge in [0.15, 0.2) is 0 Å². The number of anilines is 1. The van der Waals surface area contributed by atoms with E-state index in [1.807, 2.05) is 60.3 Å². The van der Waals surface area contributed by atoms with Crippen molar-refractivity contribution >= 4 is 11.6 Å². The normalized spacial score (nSPS) is 22.2. The van der Waals surface area contributed by atoms with Crippen molar-refractivity contribution in [1.82, 2.24) is 20.7 Å². The maximum atomic E-state index is 12.9. The highest BCUT2D eigenvalue weighted by molar-refractivity contribution is 5.94. The van der Waals surface area contributed by atoms with E-state index in [2.05, 4.69) is 27.9 Å². The Bertz CT molecular complexity index is 845. The number of methoxy groups -OCH3 is 1. The van der Waals surface area contributed by atoms with Crippen LogP contribution in [0.2, 0.25) is 0 Å². The molecule has 0 aromatic heterocycles. The van der Waals surface area contributed by atoms with Gasteiger partial charge in [-0.3, -0.25) is 9.69 Å². The second-order valence-corrected chi connectivity index (χ2v) is 8.14. The van der Waals surface area contributed by atoms with Crippen LogP contribution < -0.4 is 20.5 Å². The molecule has 4 rings (SSSR count). The largest absolute Gasteiger partial charge is 0.497 e. The van der Waals surface area contributed by atoms with Crippen LogP contribution in [0, 0.1) is 0 Å². The first-order valence-corrected chi connectivity index (χ1v) is 10.5. The third-order valence-electron chi connectivity index (χ3n) is 6.07. The molecule has 30 heavy (non-hydrogen) atoms. The maximum absolute atomic E-state index is 12.9. The fourth-order valence-corrected chi connectivity index (χ4v) is 4.16. The van der Waals surface area contributed by atoms with Crippen LogP contribution in [0.4, 0.5) is 5.69 Å². The third kappa shape index (κ3) is 4.43. The summed E-state index contributed by atoms with van der Waals surface area (Å²) in [7, 11) is 5.69. The smallest absolute Gasteiger partial charge is 0.253 e. The van der Waals surface area contributed by atoms with Crippen molar-refractivity contribution in [2.45, 2.75) is 18.6 Å². The minimum Gasteiger partial charge on any atom is -0.497 e. The number of amides is 1. The molecular weight excluding hydrogens is 378 g/mol. The zero-order valence-corrected chi connectivity index (χ0v) is 18.0. The van der Waals surface area contributed by atoms with Gasteiger partial charge in [0.2, 0.25) is 0 Å². The molecule has 2 aliphatic heterocycles. The van der Waals surface area contributed by atoms with Crippen LogP contribution >= 0.6 is 0 Å². The molecule has 7 heteroatoms. The van der Waals surface area contributed by atoms with Crippen LogP contribution in [-0.2, 0) is 0 Å². The lowest BCUT2D eigenvalue weighted by molar-refractivity contribution is 0.0545. The molecule has 160 valence electrons. The van der Waals surface area contributed by atoms with E-state index < -0.39 is 0 Å². The van der Waals surface area contributed by atoms with E-state index in [-0.39, 0.29) is 18.1 Å². The van der Waals surface area contributed by atoms with Crippen molar-refractivity contribution in [3.8, 4) is 5.75 Å². The van der Waals surface area contributed by atoms with Gasteiger partial charge in [0.25, 0.3) is 5.91 Å². The van der Waals surface area contributed by atoms with Crippen molar-refractivity contribution in [1.29, 1.82) is 0 Å². The number of nitrogens with one attached hydrogen (secondary N) is 2. The number of nitrogens with zero attached hydrogens (tertiary/aromatic N) is 3. The summed E-state index contributed by atoms with van der Waals surface area (Å²) in [6.45, 7) is 3.24. The number of piperazine rings is 1. The highest BCUT2D eigenvalue weighted by Gasteiger charge is 2.32. The highest BCUT2D eigenvalue weighted by Crippen LogP contribution is 2.26. The maximum Gasteiger partial charge on any atom is 0.253 e. The van der Waals surface area contributed by atoms with Crippen LogP contribution in [0.15, 0.2) is 48.5 Å².